The van der Waals surface area contributed by atoms with E-state index in [1.54, 1.807) is 15.8 Å². The van der Waals surface area contributed by atoms with Crippen molar-refractivity contribution in [2.75, 3.05) is 18.0 Å². The third kappa shape index (κ3) is 3.78. The van der Waals surface area contributed by atoms with E-state index in [0.29, 0.717) is 38.0 Å². The summed E-state index contributed by atoms with van der Waals surface area (Å²) < 4.78 is 41.4. The average Bonchev–Trinajstić information content (AvgIpc) is 3.10. The molecule has 10 heteroatoms. The minimum atomic E-state index is -4.60. The van der Waals surface area contributed by atoms with Crippen LogP contribution in [0.3, 0.4) is 0 Å². The number of aliphatic carboxylic acids is 1. The van der Waals surface area contributed by atoms with Gasteiger partial charge in [-0.2, -0.15) is 18.3 Å². The Morgan fingerprint density at radius 1 is 1.31 bits per heavy atom. The van der Waals surface area contributed by atoms with Gasteiger partial charge in [0.05, 0.1) is 17.8 Å². The molecule has 0 amide bonds. The Labute approximate surface area is 147 Å². The Bertz CT molecular complexity index is 797. The Balaban J connectivity index is 1.94. The Hall–Kier alpha value is -2.65. The molecule has 3 heterocycles. The molecule has 0 spiro atoms. The maximum atomic E-state index is 13.3. The zero-order valence-electron chi connectivity index (χ0n) is 14.1. The lowest BCUT2D eigenvalue weighted by Crippen LogP contribution is -2.37. The molecule has 1 saturated heterocycles. The highest BCUT2D eigenvalue weighted by Gasteiger charge is 2.35. The highest BCUT2D eigenvalue weighted by Crippen LogP contribution is 2.32. The van der Waals surface area contributed by atoms with E-state index in [9.17, 15) is 18.0 Å². The van der Waals surface area contributed by atoms with Gasteiger partial charge in [-0.05, 0) is 25.8 Å². The first kappa shape index (κ1) is 18.2. The van der Waals surface area contributed by atoms with Crippen LogP contribution in [0, 0.1) is 5.92 Å². The second-order valence-electron chi connectivity index (χ2n) is 6.12. The predicted molar refractivity (Wildman–Crippen MR) is 86.5 cm³/mol. The van der Waals surface area contributed by atoms with Gasteiger partial charge >= 0.3 is 12.1 Å². The number of alkyl halides is 3. The summed E-state index contributed by atoms with van der Waals surface area (Å²) in [5, 5.41) is 13.1. The minimum Gasteiger partial charge on any atom is -0.481 e. The van der Waals surface area contributed by atoms with Crippen LogP contribution in [0.4, 0.5) is 19.1 Å². The van der Waals surface area contributed by atoms with Gasteiger partial charge in [-0.15, -0.1) is 0 Å². The molecule has 2 aromatic rings. The molecule has 0 radical (unpaired) electrons. The minimum absolute atomic E-state index is 0.0390. The van der Waals surface area contributed by atoms with Gasteiger partial charge in [-0.25, -0.2) is 9.97 Å². The Morgan fingerprint density at radius 2 is 2.00 bits per heavy atom. The molecule has 3 rings (SSSR count). The van der Waals surface area contributed by atoms with Crippen LogP contribution in [0.2, 0.25) is 0 Å². The van der Waals surface area contributed by atoms with Crippen LogP contribution in [0.25, 0.3) is 11.3 Å². The van der Waals surface area contributed by atoms with Crippen molar-refractivity contribution in [2.45, 2.75) is 32.5 Å². The standard InChI is InChI=1S/C16H18F3N5O2/c1-2-24-9-11(8-20-24)12-7-13(16(17,18)19)22-15(21-12)23-5-3-10(4-6-23)14(25)26/h7-10H,2-6H2,1H3,(H,25,26). The molecule has 1 fully saturated rings. The van der Waals surface area contributed by atoms with E-state index in [4.69, 9.17) is 5.11 Å². The number of anilines is 1. The summed E-state index contributed by atoms with van der Waals surface area (Å²) in [4.78, 5) is 20.6. The van der Waals surface area contributed by atoms with E-state index in [2.05, 4.69) is 15.1 Å². The summed E-state index contributed by atoms with van der Waals surface area (Å²) in [6.07, 6.45) is -0.821. The summed E-state index contributed by atoms with van der Waals surface area (Å²) in [7, 11) is 0. The van der Waals surface area contributed by atoms with Crippen molar-refractivity contribution in [1.29, 1.82) is 0 Å². The zero-order chi connectivity index (χ0) is 18.9. The van der Waals surface area contributed by atoms with Gasteiger partial charge in [-0.3, -0.25) is 9.48 Å². The van der Waals surface area contributed by atoms with Crippen LogP contribution >= 0.6 is 0 Å². The fourth-order valence-electron chi connectivity index (χ4n) is 2.86. The molecule has 0 unspecified atom stereocenters. The number of aromatic nitrogens is 4. The molecular weight excluding hydrogens is 351 g/mol. The van der Waals surface area contributed by atoms with Crippen molar-refractivity contribution in [2.24, 2.45) is 5.92 Å². The summed E-state index contributed by atoms with van der Waals surface area (Å²) >= 11 is 0. The fraction of sp³-hybridized carbons (Fsp3) is 0.500. The molecule has 0 bridgehead atoms. The van der Waals surface area contributed by atoms with Crippen molar-refractivity contribution in [3.63, 3.8) is 0 Å². The Morgan fingerprint density at radius 3 is 2.54 bits per heavy atom. The number of piperidine rings is 1. The van der Waals surface area contributed by atoms with Gasteiger partial charge in [0.2, 0.25) is 5.95 Å². The number of carbonyl (C=O) groups is 1. The zero-order valence-corrected chi connectivity index (χ0v) is 14.1. The van der Waals surface area contributed by atoms with Crippen LogP contribution in [0.1, 0.15) is 25.5 Å². The number of nitrogens with zero attached hydrogens (tertiary/aromatic N) is 5. The van der Waals surface area contributed by atoms with Crippen molar-refractivity contribution in [3.05, 3.63) is 24.2 Å². The lowest BCUT2D eigenvalue weighted by Gasteiger charge is -2.30. The van der Waals surface area contributed by atoms with Gasteiger partial charge in [0, 0.05) is 31.4 Å². The first-order chi connectivity index (χ1) is 12.3. The molecule has 1 aliphatic rings. The van der Waals surface area contributed by atoms with Gasteiger partial charge in [-0.1, -0.05) is 0 Å². The van der Waals surface area contributed by atoms with Crippen LogP contribution in [-0.2, 0) is 17.5 Å². The lowest BCUT2D eigenvalue weighted by atomic mass is 9.97. The summed E-state index contributed by atoms with van der Waals surface area (Å²) in [5.41, 5.74) is -0.411. The molecule has 0 atom stereocenters. The van der Waals surface area contributed by atoms with Gasteiger partial charge in [0.25, 0.3) is 0 Å². The maximum Gasteiger partial charge on any atom is 0.433 e. The third-order valence-corrected chi connectivity index (χ3v) is 4.38. The van der Waals surface area contributed by atoms with E-state index < -0.39 is 23.8 Å². The number of halogens is 3. The first-order valence-corrected chi connectivity index (χ1v) is 8.24. The molecule has 1 N–H and O–H groups in total. The normalized spacial score (nSPS) is 16.1. The second-order valence-corrected chi connectivity index (χ2v) is 6.12. The van der Waals surface area contributed by atoms with E-state index in [1.165, 1.54) is 6.20 Å². The molecular formula is C16H18F3N5O2. The SMILES string of the molecule is CCn1cc(-c2cc(C(F)(F)F)nc(N3CCC(C(=O)O)CC3)n2)cn1. The van der Waals surface area contributed by atoms with Crippen molar-refractivity contribution in [1.82, 2.24) is 19.7 Å². The second kappa shape index (κ2) is 6.93. The number of aryl methyl sites for hydroxylation is 1. The average molecular weight is 369 g/mol. The molecule has 26 heavy (non-hydrogen) atoms. The quantitative estimate of drug-likeness (QED) is 0.892. The lowest BCUT2D eigenvalue weighted by molar-refractivity contribution is -0.142. The molecule has 7 nitrogen and oxygen atoms in total. The van der Waals surface area contributed by atoms with Crippen molar-refractivity contribution < 1.29 is 23.1 Å². The van der Waals surface area contributed by atoms with E-state index in [0.717, 1.165) is 6.07 Å². The topological polar surface area (TPSA) is 84.1 Å². The predicted octanol–water partition coefficient (Wildman–Crippen LogP) is 2.68. The van der Waals surface area contributed by atoms with E-state index in [-0.39, 0.29) is 11.6 Å². The van der Waals surface area contributed by atoms with Crippen molar-refractivity contribution >= 4 is 11.9 Å². The van der Waals surface area contributed by atoms with Crippen LogP contribution in [0.5, 0.6) is 0 Å². The van der Waals surface area contributed by atoms with E-state index in [1.807, 2.05) is 6.92 Å². The summed E-state index contributed by atoms with van der Waals surface area (Å²) in [5.74, 6) is -1.41. The molecule has 1 aliphatic heterocycles. The molecule has 0 aliphatic carbocycles. The monoisotopic (exact) mass is 369 g/mol. The number of rotatable bonds is 4. The molecule has 2 aromatic heterocycles. The number of carboxylic acid groups (broad SMARTS) is 1. The first-order valence-electron chi connectivity index (χ1n) is 8.24. The Kier molecular flexibility index (Phi) is 4.84. The fourth-order valence-corrected chi connectivity index (χ4v) is 2.86. The largest absolute Gasteiger partial charge is 0.481 e. The number of hydrogen-bond acceptors (Lipinski definition) is 5. The number of hydrogen-bond donors (Lipinski definition) is 1. The van der Waals surface area contributed by atoms with Crippen LogP contribution in [-0.4, -0.2) is 43.9 Å². The van der Waals surface area contributed by atoms with Gasteiger partial charge in [0.1, 0.15) is 0 Å². The van der Waals surface area contributed by atoms with Gasteiger partial charge < -0.3 is 10.0 Å². The molecule has 0 aromatic carbocycles. The van der Waals surface area contributed by atoms with Crippen LogP contribution < -0.4 is 4.90 Å². The molecule has 140 valence electrons. The summed E-state index contributed by atoms with van der Waals surface area (Å²) in [6.45, 7) is 3.06. The highest BCUT2D eigenvalue weighted by atomic mass is 19.4. The van der Waals surface area contributed by atoms with E-state index >= 15 is 0 Å². The summed E-state index contributed by atoms with van der Waals surface area (Å²) in [6, 6.07) is 0.907. The molecule has 0 saturated carbocycles. The third-order valence-electron chi connectivity index (χ3n) is 4.38. The number of carboxylic acids is 1. The van der Waals surface area contributed by atoms with Crippen LogP contribution in [0.15, 0.2) is 18.5 Å². The van der Waals surface area contributed by atoms with Crippen molar-refractivity contribution in [3.8, 4) is 11.3 Å². The highest BCUT2D eigenvalue weighted by molar-refractivity contribution is 5.70. The van der Waals surface area contributed by atoms with Gasteiger partial charge in [0.15, 0.2) is 5.69 Å². The maximum absolute atomic E-state index is 13.3. The smallest absolute Gasteiger partial charge is 0.433 e.